The third kappa shape index (κ3) is 1.41. The molecule has 0 heterocycles. The van der Waals surface area contributed by atoms with Crippen molar-refractivity contribution in [2.24, 2.45) is 5.41 Å². The van der Waals surface area contributed by atoms with E-state index < -0.39 is 0 Å². The minimum absolute atomic E-state index is 0.720. The van der Waals surface area contributed by atoms with Crippen molar-refractivity contribution in [1.82, 2.24) is 0 Å². The molecule has 2 saturated carbocycles. The van der Waals surface area contributed by atoms with Gasteiger partial charge in [-0.1, -0.05) is 24.0 Å². The van der Waals surface area contributed by atoms with Gasteiger partial charge in [0.15, 0.2) is 0 Å². The Labute approximate surface area is 93.5 Å². The van der Waals surface area contributed by atoms with Gasteiger partial charge in [0.2, 0.25) is 0 Å². The maximum Gasteiger partial charge on any atom is -0.0216 e. The first-order valence-electron chi connectivity index (χ1n) is 6.58. The van der Waals surface area contributed by atoms with E-state index in [-0.39, 0.29) is 0 Å². The molecule has 2 fully saturated rings. The summed E-state index contributed by atoms with van der Waals surface area (Å²) in [6, 6.07) is 0. The van der Waals surface area contributed by atoms with Gasteiger partial charge >= 0.3 is 0 Å². The molecule has 0 N–H and O–H groups in total. The first-order valence-corrected chi connectivity index (χ1v) is 6.58. The number of hydrogen-bond donors (Lipinski definition) is 0. The van der Waals surface area contributed by atoms with Crippen molar-refractivity contribution in [3.8, 4) is 0 Å². The van der Waals surface area contributed by atoms with Crippen LogP contribution in [-0.2, 0) is 0 Å². The summed E-state index contributed by atoms with van der Waals surface area (Å²) < 4.78 is 0. The summed E-state index contributed by atoms with van der Waals surface area (Å²) in [5.74, 6) is 0. The highest BCUT2D eigenvalue weighted by Gasteiger charge is 2.42. The second-order valence-electron chi connectivity index (χ2n) is 6.08. The zero-order chi connectivity index (χ0) is 10.5. The average molecular weight is 202 g/mol. The number of allylic oxidation sites excluding steroid dienone is 4. The van der Waals surface area contributed by atoms with Gasteiger partial charge in [-0.05, 0) is 68.9 Å². The van der Waals surface area contributed by atoms with Crippen molar-refractivity contribution < 1.29 is 0 Å². The Kier molecular flexibility index (Phi) is 2.09. The Morgan fingerprint density at radius 2 is 1.27 bits per heavy atom. The molecule has 1 spiro atoms. The van der Waals surface area contributed by atoms with Gasteiger partial charge in [-0.15, -0.1) is 0 Å². The standard InChI is InChI=1S/C15H22/c1-11-5-6-12(2)14-10-15(9-13(11)14)7-3-4-8-15/h3-10H2,1-2H3. The molecule has 0 aromatic heterocycles. The van der Waals surface area contributed by atoms with E-state index in [0.717, 1.165) is 5.41 Å². The Balaban J connectivity index is 2.00. The van der Waals surface area contributed by atoms with E-state index in [1.54, 1.807) is 22.3 Å². The lowest BCUT2D eigenvalue weighted by molar-refractivity contribution is 0.325. The molecule has 0 aliphatic heterocycles. The highest BCUT2D eigenvalue weighted by Crippen LogP contribution is 2.57. The lowest BCUT2D eigenvalue weighted by Crippen LogP contribution is -2.09. The van der Waals surface area contributed by atoms with Crippen molar-refractivity contribution in [2.75, 3.05) is 0 Å². The molecule has 0 bridgehead atoms. The Bertz CT molecular complexity index is 318. The van der Waals surface area contributed by atoms with Gasteiger partial charge in [0.25, 0.3) is 0 Å². The first-order chi connectivity index (χ1) is 7.20. The molecule has 3 aliphatic carbocycles. The smallest absolute Gasteiger partial charge is 0.0216 e. The van der Waals surface area contributed by atoms with Crippen LogP contribution in [0.15, 0.2) is 22.3 Å². The molecule has 0 aromatic carbocycles. The van der Waals surface area contributed by atoms with E-state index in [2.05, 4.69) is 13.8 Å². The fourth-order valence-electron chi connectivity index (χ4n) is 4.00. The topological polar surface area (TPSA) is 0 Å². The molecule has 0 atom stereocenters. The summed E-state index contributed by atoms with van der Waals surface area (Å²) in [5.41, 5.74) is 7.69. The van der Waals surface area contributed by atoms with Gasteiger partial charge in [0, 0.05) is 0 Å². The fourth-order valence-corrected chi connectivity index (χ4v) is 4.00. The number of hydrogen-bond acceptors (Lipinski definition) is 0. The summed E-state index contributed by atoms with van der Waals surface area (Å²) in [6.07, 6.45) is 11.5. The van der Waals surface area contributed by atoms with Gasteiger partial charge in [0.1, 0.15) is 0 Å². The average Bonchev–Trinajstić information content (AvgIpc) is 2.82. The summed E-state index contributed by atoms with van der Waals surface area (Å²) in [6.45, 7) is 4.74. The van der Waals surface area contributed by atoms with E-state index in [4.69, 9.17) is 0 Å². The van der Waals surface area contributed by atoms with Crippen LogP contribution in [0, 0.1) is 5.41 Å². The van der Waals surface area contributed by atoms with Crippen molar-refractivity contribution >= 4 is 0 Å². The number of rotatable bonds is 0. The summed E-state index contributed by atoms with van der Waals surface area (Å²) in [4.78, 5) is 0. The molecule has 0 heteroatoms. The SMILES string of the molecule is CC1=C2CC3(CCCC3)CC2=C(C)CC1. The molecule has 0 amide bonds. The Morgan fingerprint density at radius 1 is 0.800 bits per heavy atom. The quantitative estimate of drug-likeness (QED) is 0.531. The molecule has 0 nitrogen and oxygen atoms in total. The first kappa shape index (κ1) is 9.69. The summed E-state index contributed by atoms with van der Waals surface area (Å²) in [5, 5.41) is 0. The predicted octanol–water partition coefficient (Wildman–Crippen LogP) is 4.77. The summed E-state index contributed by atoms with van der Waals surface area (Å²) in [7, 11) is 0. The molecule has 0 radical (unpaired) electrons. The molecule has 82 valence electrons. The van der Waals surface area contributed by atoms with Crippen LogP contribution in [-0.4, -0.2) is 0 Å². The van der Waals surface area contributed by atoms with Crippen LogP contribution < -0.4 is 0 Å². The van der Waals surface area contributed by atoms with E-state index in [0.29, 0.717) is 0 Å². The van der Waals surface area contributed by atoms with Crippen LogP contribution in [0.1, 0.15) is 65.2 Å². The van der Waals surface area contributed by atoms with Crippen molar-refractivity contribution in [3.05, 3.63) is 22.3 Å². The molecule has 15 heavy (non-hydrogen) atoms. The molecule has 0 aromatic rings. The monoisotopic (exact) mass is 202 g/mol. The highest BCUT2D eigenvalue weighted by molar-refractivity contribution is 5.46. The Hall–Kier alpha value is -0.520. The molecule has 3 aliphatic rings. The highest BCUT2D eigenvalue weighted by atomic mass is 14.5. The fraction of sp³-hybridized carbons (Fsp3) is 0.733. The Morgan fingerprint density at radius 3 is 1.73 bits per heavy atom. The van der Waals surface area contributed by atoms with Crippen LogP contribution in [0.2, 0.25) is 0 Å². The van der Waals surface area contributed by atoms with Gasteiger partial charge < -0.3 is 0 Å². The normalized spacial score (nSPS) is 29.2. The third-order valence-corrected chi connectivity index (χ3v) is 5.04. The van der Waals surface area contributed by atoms with Crippen LogP contribution in [0.5, 0.6) is 0 Å². The van der Waals surface area contributed by atoms with Gasteiger partial charge in [0.05, 0.1) is 0 Å². The second kappa shape index (κ2) is 3.23. The van der Waals surface area contributed by atoms with E-state index in [1.165, 1.54) is 51.4 Å². The van der Waals surface area contributed by atoms with Crippen LogP contribution in [0.3, 0.4) is 0 Å². The van der Waals surface area contributed by atoms with E-state index >= 15 is 0 Å². The molecule has 3 rings (SSSR count). The van der Waals surface area contributed by atoms with Crippen LogP contribution in [0.25, 0.3) is 0 Å². The molecule has 0 saturated heterocycles. The maximum absolute atomic E-state index is 2.37. The van der Waals surface area contributed by atoms with Gasteiger partial charge in [-0.25, -0.2) is 0 Å². The third-order valence-electron chi connectivity index (χ3n) is 5.04. The summed E-state index contributed by atoms with van der Waals surface area (Å²) >= 11 is 0. The lowest BCUT2D eigenvalue weighted by Gasteiger charge is -2.20. The predicted molar refractivity (Wildman–Crippen MR) is 64.8 cm³/mol. The largest absolute Gasteiger partial charge is 0.0695 e. The van der Waals surface area contributed by atoms with Gasteiger partial charge in [-0.3, -0.25) is 0 Å². The minimum atomic E-state index is 0.720. The molecule has 0 unspecified atom stereocenters. The van der Waals surface area contributed by atoms with Gasteiger partial charge in [-0.2, -0.15) is 0 Å². The van der Waals surface area contributed by atoms with Crippen molar-refractivity contribution in [2.45, 2.75) is 65.2 Å². The van der Waals surface area contributed by atoms with Crippen molar-refractivity contribution in [1.29, 1.82) is 0 Å². The van der Waals surface area contributed by atoms with E-state index in [1.807, 2.05) is 0 Å². The van der Waals surface area contributed by atoms with Crippen molar-refractivity contribution in [3.63, 3.8) is 0 Å². The van der Waals surface area contributed by atoms with Crippen LogP contribution >= 0.6 is 0 Å². The second-order valence-corrected chi connectivity index (χ2v) is 6.08. The zero-order valence-corrected chi connectivity index (χ0v) is 10.2. The maximum atomic E-state index is 2.37. The van der Waals surface area contributed by atoms with E-state index in [9.17, 15) is 0 Å². The zero-order valence-electron chi connectivity index (χ0n) is 10.2. The molecular weight excluding hydrogens is 180 g/mol. The number of fused-ring (bicyclic) bond motifs is 1. The minimum Gasteiger partial charge on any atom is -0.0695 e. The lowest BCUT2D eigenvalue weighted by atomic mass is 9.84. The van der Waals surface area contributed by atoms with Crippen LogP contribution in [0.4, 0.5) is 0 Å². The molecular formula is C15H22.